The topological polar surface area (TPSA) is 60.9 Å². The first kappa shape index (κ1) is 18.2. The maximum absolute atomic E-state index is 12.4. The Labute approximate surface area is 154 Å². The van der Waals surface area contributed by atoms with E-state index in [9.17, 15) is 14.4 Å². The molecule has 1 aromatic carbocycles. The molecule has 3 rings (SSSR count). The molecular weight excluding hydrogens is 330 g/mol. The SMILES string of the molecule is CC(=O)N1CCCN(C(=O)/C=C/c2ccc(N3CCCC3=O)cc2)CC1. The van der Waals surface area contributed by atoms with Crippen molar-refractivity contribution in [2.75, 3.05) is 37.6 Å². The molecule has 2 aliphatic heterocycles. The molecule has 6 nitrogen and oxygen atoms in total. The van der Waals surface area contributed by atoms with Crippen molar-refractivity contribution in [3.63, 3.8) is 0 Å². The lowest BCUT2D eigenvalue weighted by atomic mass is 10.2. The summed E-state index contributed by atoms with van der Waals surface area (Å²) in [6.07, 6.45) is 5.71. The summed E-state index contributed by atoms with van der Waals surface area (Å²) in [6.45, 7) is 4.88. The Kier molecular flexibility index (Phi) is 5.71. The number of amides is 3. The molecule has 1 aromatic rings. The fourth-order valence-electron chi connectivity index (χ4n) is 3.41. The Morgan fingerprint density at radius 1 is 0.923 bits per heavy atom. The molecule has 2 fully saturated rings. The lowest BCUT2D eigenvalue weighted by Crippen LogP contribution is -2.35. The molecule has 0 radical (unpaired) electrons. The van der Waals surface area contributed by atoms with Crippen molar-refractivity contribution in [2.24, 2.45) is 0 Å². The Morgan fingerprint density at radius 3 is 2.27 bits per heavy atom. The van der Waals surface area contributed by atoms with Crippen LogP contribution in [0.1, 0.15) is 31.7 Å². The molecule has 138 valence electrons. The molecule has 0 atom stereocenters. The van der Waals surface area contributed by atoms with Gasteiger partial charge in [-0.25, -0.2) is 0 Å². The van der Waals surface area contributed by atoms with Gasteiger partial charge in [0.05, 0.1) is 0 Å². The third-order valence-corrected chi connectivity index (χ3v) is 4.95. The fourth-order valence-corrected chi connectivity index (χ4v) is 3.41. The second-order valence-corrected chi connectivity index (χ2v) is 6.76. The predicted octanol–water partition coefficient (Wildman–Crippen LogP) is 1.91. The Hall–Kier alpha value is -2.63. The predicted molar refractivity (Wildman–Crippen MR) is 101 cm³/mol. The van der Waals surface area contributed by atoms with Crippen molar-refractivity contribution >= 4 is 29.5 Å². The minimum absolute atomic E-state index is 0.0331. The van der Waals surface area contributed by atoms with Gasteiger partial charge in [0, 0.05) is 57.8 Å². The van der Waals surface area contributed by atoms with Gasteiger partial charge >= 0.3 is 0 Å². The molecule has 0 aromatic heterocycles. The smallest absolute Gasteiger partial charge is 0.246 e. The Morgan fingerprint density at radius 2 is 1.62 bits per heavy atom. The van der Waals surface area contributed by atoms with Crippen LogP contribution in [0.4, 0.5) is 5.69 Å². The van der Waals surface area contributed by atoms with E-state index in [1.165, 1.54) is 0 Å². The summed E-state index contributed by atoms with van der Waals surface area (Å²) in [4.78, 5) is 41.0. The van der Waals surface area contributed by atoms with Crippen LogP contribution in [-0.2, 0) is 14.4 Å². The number of rotatable bonds is 3. The lowest BCUT2D eigenvalue weighted by Gasteiger charge is -2.20. The first-order valence-electron chi connectivity index (χ1n) is 9.17. The van der Waals surface area contributed by atoms with E-state index in [2.05, 4.69) is 0 Å². The number of nitrogens with zero attached hydrogens (tertiary/aromatic N) is 3. The number of hydrogen-bond acceptors (Lipinski definition) is 3. The molecule has 2 aliphatic rings. The van der Waals surface area contributed by atoms with Gasteiger partial charge in [-0.3, -0.25) is 14.4 Å². The molecular formula is C20H25N3O3. The molecule has 0 bridgehead atoms. The van der Waals surface area contributed by atoms with E-state index in [0.29, 0.717) is 32.6 Å². The van der Waals surface area contributed by atoms with Gasteiger partial charge in [-0.1, -0.05) is 12.1 Å². The van der Waals surface area contributed by atoms with Gasteiger partial charge in [0.1, 0.15) is 0 Å². The van der Waals surface area contributed by atoms with Crippen LogP contribution >= 0.6 is 0 Å². The van der Waals surface area contributed by atoms with Crippen molar-refractivity contribution in [3.05, 3.63) is 35.9 Å². The maximum Gasteiger partial charge on any atom is 0.246 e. The Balaban J connectivity index is 1.58. The fraction of sp³-hybridized carbons (Fsp3) is 0.450. The van der Waals surface area contributed by atoms with Crippen LogP contribution in [0.15, 0.2) is 30.3 Å². The summed E-state index contributed by atoms with van der Waals surface area (Å²) in [5.41, 5.74) is 1.83. The number of carbonyl (C=O) groups excluding carboxylic acids is 3. The minimum Gasteiger partial charge on any atom is -0.341 e. The van der Waals surface area contributed by atoms with Crippen LogP contribution in [0, 0.1) is 0 Å². The highest BCUT2D eigenvalue weighted by molar-refractivity contribution is 5.95. The van der Waals surface area contributed by atoms with Crippen LogP contribution in [0.25, 0.3) is 6.08 Å². The van der Waals surface area contributed by atoms with Gasteiger partial charge < -0.3 is 14.7 Å². The highest BCUT2D eigenvalue weighted by Crippen LogP contribution is 2.22. The van der Waals surface area contributed by atoms with Crippen molar-refractivity contribution in [1.82, 2.24) is 9.80 Å². The highest BCUT2D eigenvalue weighted by atomic mass is 16.2. The molecule has 0 aliphatic carbocycles. The summed E-state index contributed by atoms with van der Waals surface area (Å²) in [5, 5.41) is 0. The summed E-state index contributed by atoms with van der Waals surface area (Å²) >= 11 is 0. The summed E-state index contributed by atoms with van der Waals surface area (Å²) in [7, 11) is 0. The van der Waals surface area contributed by atoms with Crippen LogP contribution in [0.2, 0.25) is 0 Å². The van der Waals surface area contributed by atoms with Crippen LogP contribution in [-0.4, -0.2) is 60.2 Å². The molecule has 0 N–H and O–H groups in total. The van der Waals surface area contributed by atoms with Crippen molar-refractivity contribution in [1.29, 1.82) is 0 Å². The molecule has 26 heavy (non-hydrogen) atoms. The molecule has 6 heteroatoms. The number of carbonyl (C=O) groups is 3. The van der Waals surface area contributed by atoms with Crippen molar-refractivity contribution < 1.29 is 14.4 Å². The first-order valence-corrected chi connectivity index (χ1v) is 9.17. The zero-order valence-electron chi connectivity index (χ0n) is 15.2. The van der Waals surface area contributed by atoms with Gasteiger partial charge in [0.25, 0.3) is 0 Å². The Bertz CT molecular complexity index is 712. The molecule has 2 saturated heterocycles. The van der Waals surface area contributed by atoms with Gasteiger partial charge in [-0.05, 0) is 36.6 Å². The van der Waals surface area contributed by atoms with Crippen LogP contribution in [0.3, 0.4) is 0 Å². The average Bonchev–Trinajstić information content (AvgIpc) is 2.91. The zero-order chi connectivity index (χ0) is 18.5. The third kappa shape index (κ3) is 4.31. The zero-order valence-corrected chi connectivity index (χ0v) is 15.2. The van der Waals surface area contributed by atoms with Gasteiger partial charge in [-0.15, -0.1) is 0 Å². The van der Waals surface area contributed by atoms with E-state index in [1.54, 1.807) is 33.8 Å². The van der Waals surface area contributed by atoms with Crippen molar-refractivity contribution in [3.8, 4) is 0 Å². The minimum atomic E-state index is -0.0331. The summed E-state index contributed by atoms with van der Waals surface area (Å²) < 4.78 is 0. The molecule has 0 spiro atoms. The largest absolute Gasteiger partial charge is 0.341 e. The maximum atomic E-state index is 12.4. The van der Waals surface area contributed by atoms with Crippen LogP contribution in [0.5, 0.6) is 0 Å². The quantitative estimate of drug-likeness (QED) is 0.778. The van der Waals surface area contributed by atoms with E-state index in [0.717, 1.165) is 30.6 Å². The van der Waals surface area contributed by atoms with E-state index in [-0.39, 0.29) is 17.7 Å². The number of benzene rings is 1. The van der Waals surface area contributed by atoms with E-state index in [4.69, 9.17) is 0 Å². The number of hydrogen-bond donors (Lipinski definition) is 0. The first-order chi connectivity index (χ1) is 12.5. The summed E-state index contributed by atoms with van der Waals surface area (Å²) in [6, 6.07) is 7.68. The van der Waals surface area contributed by atoms with E-state index < -0.39 is 0 Å². The van der Waals surface area contributed by atoms with Gasteiger partial charge in [0.15, 0.2) is 0 Å². The highest BCUT2D eigenvalue weighted by Gasteiger charge is 2.21. The van der Waals surface area contributed by atoms with E-state index >= 15 is 0 Å². The standard InChI is InChI=1S/C20H25N3O3/c1-16(24)21-11-3-12-22(15-14-21)19(25)10-7-17-5-8-18(9-6-17)23-13-2-4-20(23)26/h5-10H,2-4,11-15H2,1H3/b10-7+. The molecule has 0 unspecified atom stereocenters. The van der Waals surface area contributed by atoms with Gasteiger partial charge in [-0.2, -0.15) is 0 Å². The average molecular weight is 355 g/mol. The molecule has 0 saturated carbocycles. The third-order valence-electron chi connectivity index (χ3n) is 4.95. The summed E-state index contributed by atoms with van der Waals surface area (Å²) in [5.74, 6) is 0.199. The molecule has 2 heterocycles. The van der Waals surface area contributed by atoms with Crippen LogP contribution < -0.4 is 4.90 Å². The second-order valence-electron chi connectivity index (χ2n) is 6.76. The number of anilines is 1. The lowest BCUT2D eigenvalue weighted by molar-refractivity contribution is -0.130. The monoisotopic (exact) mass is 355 g/mol. The normalized spacial score (nSPS) is 18.5. The van der Waals surface area contributed by atoms with Crippen molar-refractivity contribution in [2.45, 2.75) is 26.2 Å². The second kappa shape index (κ2) is 8.17. The van der Waals surface area contributed by atoms with E-state index in [1.807, 2.05) is 24.3 Å². The van der Waals surface area contributed by atoms with Gasteiger partial charge in [0.2, 0.25) is 17.7 Å². The molecule has 3 amide bonds.